The third-order valence-electron chi connectivity index (χ3n) is 8.49. The molecule has 9 aromatic rings. The maximum absolute atomic E-state index is 5.07. The quantitative estimate of drug-likeness (QED) is 0.195. The van der Waals surface area contributed by atoms with E-state index in [1.54, 1.807) is 11.3 Å². The van der Waals surface area contributed by atoms with Crippen LogP contribution in [0.3, 0.4) is 0 Å². The van der Waals surface area contributed by atoms with Gasteiger partial charge in [-0.2, -0.15) is 0 Å². The number of hydrogen-bond acceptors (Lipinski definition) is 5. The molecule has 0 aliphatic carbocycles. The van der Waals surface area contributed by atoms with Gasteiger partial charge >= 0.3 is 0 Å². The molecule has 4 aromatic carbocycles. The lowest BCUT2D eigenvalue weighted by Crippen LogP contribution is -1.95. The van der Waals surface area contributed by atoms with Crippen LogP contribution in [-0.4, -0.2) is 24.5 Å². The summed E-state index contributed by atoms with van der Waals surface area (Å²) in [6.45, 7) is 0. The number of aromatic nitrogens is 5. The van der Waals surface area contributed by atoms with E-state index in [4.69, 9.17) is 4.98 Å². The van der Waals surface area contributed by atoms with Gasteiger partial charge in [0.05, 0.1) is 26.9 Å². The van der Waals surface area contributed by atoms with Gasteiger partial charge in [-0.25, -0.2) is 4.98 Å². The summed E-state index contributed by atoms with van der Waals surface area (Å²) in [5, 5.41) is 3.39. The van der Waals surface area contributed by atoms with Crippen molar-refractivity contribution in [3.05, 3.63) is 152 Å². The maximum atomic E-state index is 5.07. The minimum Gasteiger partial charge on any atom is -0.309 e. The van der Waals surface area contributed by atoms with Gasteiger partial charge in [0.15, 0.2) is 0 Å². The molecule has 0 unspecified atom stereocenters. The monoisotopic (exact) mass is 607 g/mol. The van der Waals surface area contributed by atoms with Crippen molar-refractivity contribution in [3.63, 3.8) is 0 Å². The third-order valence-corrected chi connectivity index (χ3v) is 9.56. The van der Waals surface area contributed by atoms with Gasteiger partial charge < -0.3 is 4.57 Å². The highest BCUT2D eigenvalue weighted by Crippen LogP contribution is 2.39. The summed E-state index contributed by atoms with van der Waals surface area (Å²) in [5.74, 6) is 0. The van der Waals surface area contributed by atoms with E-state index in [2.05, 4.69) is 117 Å². The lowest BCUT2D eigenvalue weighted by Gasteiger charge is -2.11. The van der Waals surface area contributed by atoms with E-state index in [1.165, 1.54) is 16.3 Å². The van der Waals surface area contributed by atoms with Gasteiger partial charge in [0.1, 0.15) is 5.01 Å². The van der Waals surface area contributed by atoms with Crippen molar-refractivity contribution in [2.45, 2.75) is 0 Å². The van der Waals surface area contributed by atoms with E-state index in [0.717, 1.165) is 65.5 Å². The Balaban J connectivity index is 1.24. The molecule has 0 bridgehead atoms. The summed E-state index contributed by atoms with van der Waals surface area (Å²) >= 11 is 1.73. The molecule has 0 saturated heterocycles. The third kappa shape index (κ3) is 4.55. The molecular formula is C40H25N5S. The summed E-state index contributed by atoms with van der Waals surface area (Å²) in [7, 11) is 0. The maximum Gasteiger partial charge on any atom is 0.124 e. The average Bonchev–Trinajstić information content (AvgIpc) is 3.71. The van der Waals surface area contributed by atoms with Crippen LogP contribution in [-0.2, 0) is 0 Å². The molecule has 216 valence electrons. The predicted octanol–water partition coefficient (Wildman–Crippen LogP) is 10.2. The van der Waals surface area contributed by atoms with E-state index in [-0.39, 0.29) is 0 Å². The Bertz CT molecular complexity index is 2520. The fourth-order valence-corrected chi connectivity index (χ4v) is 7.27. The molecule has 0 aliphatic rings. The van der Waals surface area contributed by atoms with E-state index in [1.807, 2.05) is 55.2 Å². The lowest BCUT2D eigenvalue weighted by atomic mass is 10.0. The van der Waals surface area contributed by atoms with Gasteiger partial charge in [-0.15, -0.1) is 11.3 Å². The minimum absolute atomic E-state index is 0.950. The van der Waals surface area contributed by atoms with Gasteiger partial charge in [0, 0.05) is 58.6 Å². The number of fused-ring (bicyclic) bond motifs is 4. The van der Waals surface area contributed by atoms with E-state index in [0.29, 0.717) is 0 Å². The summed E-state index contributed by atoms with van der Waals surface area (Å²) in [4.78, 5) is 18.1. The Kier molecular flexibility index (Phi) is 6.25. The zero-order chi connectivity index (χ0) is 30.5. The molecule has 5 nitrogen and oxygen atoms in total. The topological polar surface area (TPSA) is 56.5 Å². The number of rotatable bonds is 5. The molecular weight excluding hydrogens is 583 g/mol. The van der Waals surface area contributed by atoms with Crippen molar-refractivity contribution in [1.82, 2.24) is 24.5 Å². The normalized spacial score (nSPS) is 11.5. The van der Waals surface area contributed by atoms with E-state index < -0.39 is 0 Å². The minimum atomic E-state index is 0.950. The molecule has 5 heterocycles. The lowest BCUT2D eigenvalue weighted by molar-refractivity contribution is 1.18. The molecule has 0 N–H and O–H groups in total. The Labute approximate surface area is 269 Å². The summed E-state index contributed by atoms with van der Waals surface area (Å²) < 4.78 is 3.53. The highest BCUT2D eigenvalue weighted by atomic mass is 32.1. The second-order valence-electron chi connectivity index (χ2n) is 11.2. The van der Waals surface area contributed by atoms with Crippen LogP contribution in [0.4, 0.5) is 0 Å². The Hall–Kier alpha value is -5.98. The first-order valence-corrected chi connectivity index (χ1v) is 15.9. The van der Waals surface area contributed by atoms with E-state index in [9.17, 15) is 0 Å². The smallest absolute Gasteiger partial charge is 0.124 e. The first kappa shape index (κ1) is 26.4. The van der Waals surface area contributed by atoms with Crippen LogP contribution in [0.15, 0.2) is 152 Å². The molecule has 0 amide bonds. The van der Waals surface area contributed by atoms with Crippen LogP contribution in [0.2, 0.25) is 0 Å². The first-order valence-electron chi connectivity index (χ1n) is 15.1. The Morgan fingerprint density at radius 2 is 1.24 bits per heavy atom. The molecule has 0 radical (unpaired) electrons. The summed E-state index contributed by atoms with van der Waals surface area (Å²) in [5.41, 5.74) is 12.1. The van der Waals surface area contributed by atoms with Crippen LogP contribution in [0.25, 0.3) is 81.8 Å². The molecule has 0 saturated carbocycles. The van der Waals surface area contributed by atoms with Crippen LogP contribution in [0.5, 0.6) is 0 Å². The SMILES string of the molecule is c1ccc(-c2cccc(-n3c4ccc(-c5ccncc5)cc4c4ccc(-c5nc6ccc(-c7ccncc7)cc6s5)cc43)c2)nc1. The largest absolute Gasteiger partial charge is 0.309 e. The van der Waals surface area contributed by atoms with E-state index >= 15 is 0 Å². The van der Waals surface area contributed by atoms with Crippen molar-refractivity contribution in [2.75, 3.05) is 0 Å². The number of pyridine rings is 3. The molecule has 46 heavy (non-hydrogen) atoms. The van der Waals surface area contributed by atoms with Crippen molar-refractivity contribution >= 4 is 43.4 Å². The molecule has 5 aromatic heterocycles. The molecule has 9 rings (SSSR count). The molecule has 0 atom stereocenters. The number of nitrogens with zero attached hydrogens (tertiary/aromatic N) is 5. The fourth-order valence-electron chi connectivity index (χ4n) is 6.27. The number of thiazole rings is 1. The fraction of sp³-hybridized carbons (Fsp3) is 0. The van der Waals surface area contributed by atoms with Crippen LogP contribution in [0, 0.1) is 0 Å². The van der Waals surface area contributed by atoms with Crippen molar-refractivity contribution < 1.29 is 0 Å². The number of benzene rings is 4. The van der Waals surface area contributed by atoms with Crippen LogP contribution < -0.4 is 0 Å². The second kappa shape index (κ2) is 10.9. The molecule has 6 heteroatoms. The zero-order valence-corrected chi connectivity index (χ0v) is 25.4. The second-order valence-corrected chi connectivity index (χ2v) is 12.3. The highest BCUT2D eigenvalue weighted by molar-refractivity contribution is 7.21. The van der Waals surface area contributed by atoms with Crippen LogP contribution >= 0.6 is 11.3 Å². The van der Waals surface area contributed by atoms with Gasteiger partial charge in [0.2, 0.25) is 0 Å². The average molecular weight is 608 g/mol. The van der Waals surface area contributed by atoms with Crippen LogP contribution in [0.1, 0.15) is 0 Å². The Morgan fingerprint density at radius 1 is 0.478 bits per heavy atom. The molecule has 0 fully saturated rings. The summed E-state index contributed by atoms with van der Waals surface area (Å²) in [6.07, 6.45) is 9.19. The first-order chi connectivity index (χ1) is 22.8. The molecule has 0 aliphatic heterocycles. The van der Waals surface area contributed by atoms with Crippen molar-refractivity contribution in [1.29, 1.82) is 0 Å². The predicted molar refractivity (Wildman–Crippen MR) is 189 cm³/mol. The standard InChI is InChI=1S/C40H25N5S/c1-2-17-43-35(6-1)30-4-3-5-32(22-30)45-37-12-9-28(26-13-18-41-19-14-26)23-34(37)33-10-7-31(24-38(33)45)40-44-36-11-8-29(25-39(36)46-40)27-15-20-42-21-16-27/h1-25H. The highest BCUT2D eigenvalue weighted by Gasteiger charge is 2.17. The van der Waals surface area contributed by atoms with Crippen molar-refractivity contribution in [2.24, 2.45) is 0 Å². The zero-order valence-electron chi connectivity index (χ0n) is 24.6. The van der Waals surface area contributed by atoms with Gasteiger partial charge in [0.25, 0.3) is 0 Å². The van der Waals surface area contributed by atoms with Gasteiger partial charge in [-0.05, 0) is 101 Å². The van der Waals surface area contributed by atoms with Gasteiger partial charge in [-0.1, -0.05) is 42.5 Å². The summed E-state index contributed by atoms with van der Waals surface area (Å²) in [6, 6.07) is 42.8. The van der Waals surface area contributed by atoms with Crippen molar-refractivity contribution in [3.8, 4) is 49.8 Å². The number of hydrogen-bond donors (Lipinski definition) is 0. The Morgan fingerprint density at radius 3 is 2.02 bits per heavy atom. The van der Waals surface area contributed by atoms with Gasteiger partial charge in [-0.3, -0.25) is 15.0 Å². The molecule has 0 spiro atoms.